The van der Waals surface area contributed by atoms with E-state index < -0.39 is 23.6 Å². The SMILES string of the molecule is Cc1cccc(NC(=O)/C(C#N)=C\[C@H]2C(=O)NC(=S)N(c3ccc(Cl)cc3)C2=O)c1. The molecule has 0 saturated carbocycles. The van der Waals surface area contributed by atoms with Gasteiger partial charge in [0.2, 0.25) is 11.8 Å². The molecule has 0 unspecified atom stereocenters. The van der Waals surface area contributed by atoms with Gasteiger partial charge in [0.05, 0.1) is 5.69 Å². The molecule has 3 rings (SSSR count). The van der Waals surface area contributed by atoms with Gasteiger partial charge in [-0.25, -0.2) is 0 Å². The largest absolute Gasteiger partial charge is 0.321 e. The summed E-state index contributed by atoms with van der Waals surface area (Å²) in [7, 11) is 0. The van der Waals surface area contributed by atoms with Gasteiger partial charge >= 0.3 is 0 Å². The minimum atomic E-state index is -1.40. The van der Waals surface area contributed by atoms with Crippen LogP contribution in [0, 0.1) is 24.2 Å². The van der Waals surface area contributed by atoms with Crippen molar-refractivity contribution in [3.8, 4) is 6.07 Å². The lowest BCUT2D eigenvalue weighted by Gasteiger charge is -2.31. The van der Waals surface area contributed by atoms with Crippen LogP contribution in [0.2, 0.25) is 5.02 Å². The maximum atomic E-state index is 13.0. The lowest BCUT2D eigenvalue weighted by atomic mass is 10.0. The van der Waals surface area contributed by atoms with Crippen molar-refractivity contribution in [2.75, 3.05) is 10.2 Å². The summed E-state index contributed by atoms with van der Waals surface area (Å²) >= 11 is 11.0. The molecule has 2 N–H and O–H groups in total. The van der Waals surface area contributed by atoms with Crippen LogP contribution in [0.5, 0.6) is 0 Å². The van der Waals surface area contributed by atoms with Crippen LogP contribution in [-0.4, -0.2) is 22.8 Å². The van der Waals surface area contributed by atoms with Gasteiger partial charge in [0, 0.05) is 10.7 Å². The molecule has 0 spiro atoms. The van der Waals surface area contributed by atoms with E-state index in [9.17, 15) is 19.6 Å². The number of amides is 3. The van der Waals surface area contributed by atoms with Crippen LogP contribution in [0.3, 0.4) is 0 Å². The number of carbonyl (C=O) groups excluding carboxylic acids is 3. The molecule has 2 aromatic carbocycles. The van der Waals surface area contributed by atoms with Gasteiger partial charge in [0.25, 0.3) is 5.91 Å². The molecule has 0 radical (unpaired) electrons. The van der Waals surface area contributed by atoms with E-state index in [4.69, 9.17) is 23.8 Å². The molecule has 3 amide bonds. The zero-order valence-electron chi connectivity index (χ0n) is 15.7. The van der Waals surface area contributed by atoms with Crippen LogP contribution in [0.15, 0.2) is 60.2 Å². The summed E-state index contributed by atoms with van der Waals surface area (Å²) in [5.74, 6) is -3.52. The van der Waals surface area contributed by atoms with E-state index in [0.717, 1.165) is 16.5 Å². The predicted molar refractivity (Wildman–Crippen MR) is 117 cm³/mol. The number of benzene rings is 2. The van der Waals surface area contributed by atoms with Crippen molar-refractivity contribution in [1.82, 2.24) is 5.32 Å². The Kier molecular flexibility index (Phi) is 6.26. The van der Waals surface area contributed by atoms with Crippen molar-refractivity contribution >= 4 is 58.0 Å². The summed E-state index contributed by atoms with van der Waals surface area (Å²) in [4.78, 5) is 39.0. The Morgan fingerprint density at radius 3 is 2.60 bits per heavy atom. The highest BCUT2D eigenvalue weighted by molar-refractivity contribution is 7.80. The normalized spacial score (nSPS) is 16.7. The van der Waals surface area contributed by atoms with Crippen molar-refractivity contribution < 1.29 is 14.4 Å². The van der Waals surface area contributed by atoms with Gasteiger partial charge in [-0.05, 0) is 67.2 Å². The number of halogens is 1. The number of anilines is 2. The monoisotopic (exact) mass is 438 g/mol. The van der Waals surface area contributed by atoms with Crippen LogP contribution in [-0.2, 0) is 14.4 Å². The first-order valence-electron chi connectivity index (χ1n) is 8.74. The fourth-order valence-electron chi connectivity index (χ4n) is 2.82. The van der Waals surface area contributed by atoms with Gasteiger partial charge in [-0.15, -0.1) is 0 Å². The van der Waals surface area contributed by atoms with Crippen LogP contribution in [0.25, 0.3) is 0 Å². The van der Waals surface area contributed by atoms with Gasteiger partial charge < -0.3 is 10.6 Å². The van der Waals surface area contributed by atoms with Gasteiger partial charge in [0.15, 0.2) is 5.11 Å². The molecule has 1 atom stereocenters. The number of nitrogens with one attached hydrogen (secondary N) is 2. The Bertz CT molecular complexity index is 1120. The topological polar surface area (TPSA) is 102 Å². The number of hydrogen-bond acceptors (Lipinski definition) is 5. The maximum absolute atomic E-state index is 13.0. The first-order chi connectivity index (χ1) is 14.3. The summed E-state index contributed by atoms with van der Waals surface area (Å²) in [5, 5.41) is 14.8. The van der Waals surface area contributed by atoms with Crippen molar-refractivity contribution in [1.29, 1.82) is 5.26 Å². The highest BCUT2D eigenvalue weighted by Crippen LogP contribution is 2.24. The zero-order chi connectivity index (χ0) is 21.8. The third-order valence-corrected chi connectivity index (χ3v) is 4.80. The molecule has 2 aromatic rings. The van der Waals surface area contributed by atoms with E-state index >= 15 is 0 Å². The minimum absolute atomic E-state index is 0.0975. The van der Waals surface area contributed by atoms with Gasteiger partial charge in [-0.2, -0.15) is 5.26 Å². The van der Waals surface area contributed by atoms with E-state index in [-0.39, 0.29) is 10.7 Å². The van der Waals surface area contributed by atoms with E-state index in [1.165, 1.54) is 0 Å². The number of aryl methyl sites for hydroxylation is 1. The summed E-state index contributed by atoms with van der Waals surface area (Å²) in [6.07, 6.45) is 1.04. The number of rotatable bonds is 4. The first kappa shape index (κ1) is 21.2. The smallest absolute Gasteiger partial charge is 0.266 e. The fourth-order valence-corrected chi connectivity index (χ4v) is 3.25. The van der Waals surface area contributed by atoms with E-state index in [1.807, 2.05) is 13.0 Å². The average Bonchev–Trinajstić information content (AvgIpc) is 2.69. The van der Waals surface area contributed by atoms with Crippen molar-refractivity contribution in [3.63, 3.8) is 0 Å². The van der Waals surface area contributed by atoms with Crippen molar-refractivity contribution in [3.05, 3.63) is 70.8 Å². The summed E-state index contributed by atoms with van der Waals surface area (Å²) in [5.41, 5.74) is 1.44. The molecule has 150 valence electrons. The quantitative estimate of drug-likeness (QED) is 0.330. The molecule has 0 aliphatic carbocycles. The Morgan fingerprint density at radius 2 is 1.97 bits per heavy atom. The number of carbonyl (C=O) groups is 3. The Labute approximate surface area is 182 Å². The Hall–Kier alpha value is -3.54. The molecule has 0 bridgehead atoms. The molecule has 0 aromatic heterocycles. The Balaban J connectivity index is 1.88. The fraction of sp³-hybridized carbons (Fsp3) is 0.0952. The summed E-state index contributed by atoms with van der Waals surface area (Å²) in [6.45, 7) is 1.86. The van der Waals surface area contributed by atoms with Crippen molar-refractivity contribution in [2.24, 2.45) is 5.92 Å². The zero-order valence-corrected chi connectivity index (χ0v) is 17.3. The second kappa shape index (κ2) is 8.86. The second-order valence-electron chi connectivity index (χ2n) is 6.44. The van der Waals surface area contributed by atoms with Crippen LogP contribution < -0.4 is 15.5 Å². The lowest BCUT2D eigenvalue weighted by molar-refractivity contribution is -0.131. The average molecular weight is 439 g/mol. The van der Waals surface area contributed by atoms with E-state index in [1.54, 1.807) is 48.5 Å². The predicted octanol–water partition coefficient (Wildman–Crippen LogP) is 3.10. The third kappa shape index (κ3) is 4.54. The summed E-state index contributed by atoms with van der Waals surface area (Å²) < 4.78 is 0. The molecule has 30 heavy (non-hydrogen) atoms. The standard InChI is InChI=1S/C21H15ClN4O3S/c1-12-3-2-4-15(9-12)24-18(27)13(11-23)10-17-19(28)25-21(30)26(20(17)29)16-7-5-14(22)6-8-16/h2-10,17H,1H3,(H,24,27)(H,25,28,30)/b13-10-/t17-/m0/s1. The van der Waals surface area contributed by atoms with Gasteiger partial charge in [-0.1, -0.05) is 23.7 Å². The molecular weight excluding hydrogens is 424 g/mol. The van der Waals surface area contributed by atoms with Crippen LogP contribution >= 0.6 is 23.8 Å². The molecule has 1 saturated heterocycles. The number of nitriles is 1. The first-order valence-corrected chi connectivity index (χ1v) is 9.53. The van der Waals surface area contributed by atoms with Crippen molar-refractivity contribution in [2.45, 2.75) is 6.92 Å². The minimum Gasteiger partial charge on any atom is -0.321 e. The highest BCUT2D eigenvalue weighted by Gasteiger charge is 2.38. The highest BCUT2D eigenvalue weighted by atomic mass is 35.5. The molecule has 9 heteroatoms. The molecule has 1 heterocycles. The number of thiocarbonyl (C=S) groups is 1. The molecule has 1 aliphatic rings. The molecule has 7 nitrogen and oxygen atoms in total. The van der Waals surface area contributed by atoms with Crippen LogP contribution in [0.4, 0.5) is 11.4 Å². The van der Waals surface area contributed by atoms with Crippen LogP contribution in [0.1, 0.15) is 5.56 Å². The number of hydrogen-bond donors (Lipinski definition) is 2. The van der Waals surface area contributed by atoms with Gasteiger partial charge in [0.1, 0.15) is 17.6 Å². The molecular formula is C21H15ClN4O3S. The van der Waals surface area contributed by atoms with Gasteiger partial charge in [-0.3, -0.25) is 19.3 Å². The van der Waals surface area contributed by atoms with E-state index in [0.29, 0.717) is 16.4 Å². The maximum Gasteiger partial charge on any atom is 0.266 e. The Morgan fingerprint density at radius 1 is 1.27 bits per heavy atom. The van der Waals surface area contributed by atoms with E-state index in [2.05, 4.69) is 10.6 Å². The molecule has 1 aliphatic heterocycles. The lowest BCUT2D eigenvalue weighted by Crippen LogP contribution is -2.57. The molecule has 1 fully saturated rings. The summed E-state index contributed by atoms with van der Waals surface area (Å²) in [6, 6.07) is 15.0. The number of nitrogens with zero attached hydrogens (tertiary/aromatic N) is 2. The third-order valence-electron chi connectivity index (χ3n) is 4.26. The second-order valence-corrected chi connectivity index (χ2v) is 7.26.